The molecule has 0 aromatic carbocycles. The summed E-state index contributed by atoms with van der Waals surface area (Å²) in [5.41, 5.74) is 0.996. The molecule has 0 aromatic rings. The molecule has 0 saturated heterocycles. The van der Waals surface area contributed by atoms with E-state index in [1.165, 1.54) is 0 Å². The first-order chi connectivity index (χ1) is 7.85. The van der Waals surface area contributed by atoms with Crippen LogP contribution in [0, 0.1) is 0 Å². The molecule has 0 aliphatic heterocycles. The molecule has 0 fully saturated rings. The summed E-state index contributed by atoms with van der Waals surface area (Å²) in [7, 11) is -1.49. The van der Waals surface area contributed by atoms with Crippen molar-refractivity contribution >= 4 is 13.0 Å². The molecule has 1 unspecified atom stereocenters. The Hall–Kier alpha value is -1.59. The predicted molar refractivity (Wildman–Crippen MR) is 67.9 cm³/mol. The summed E-state index contributed by atoms with van der Waals surface area (Å²) < 4.78 is 0. The third-order valence-electron chi connectivity index (χ3n) is 2.55. The van der Waals surface area contributed by atoms with Crippen LogP contribution >= 0.6 is 0 Å². The molecule has 0 heterocycles. The molecule has 0 radical (unpaired) electrons. The van der Waals surface area contributed by atoms with Crippen molar-refractivity contribution in [3.8, 4) is 0 Å². The van der Waals surface area contributed by atoms with Crippen LogP contribution in [0.1, 0.15) is 13.8 Å². The second-order valence-corrected chi connectivity index (χ2v) is 4.29. The Morgan fingerprint density at radius 2 is 2.12 bits per heavy atom. The molecule has 1 aliphatic carbocycles. The van der Waals surface area contributed by atoms with Crippen LogP contribution < -0.4 is 5.32 Å². The summed E-state index contributed by atoms with van der Waals surface area (Å²) >= 11 is 0. The molecule has 0 aromatic heterocycles. The minimum absolute atomic E-state index is 0.262. The van der Waals surface area contributed by atoms with Crippen molar-refractivity contribution in [2.75, 3.05) is 0 Å². The average Bonchev–Trinajstić information content (AvgIpc) is 2.42. The highest BCUT2D eigenvalue weighted by atomic mass is 16.4. The zero-order chi connectivity index (χ0) is 13.1. The first-order valence-electron chi connectivity index (χ1n) is 5.27. The molecule has 1 aliphatic rings. The maximum atomic E-state index is 11.4. The van der Waals surface area contributed by atoms with Crippen LogP contribution in [0.2, 0.25) is 5.31 Å². The highest BCUT2D eigenvalue weighted by Gasteiger charge is 2.32. The lowest BCUT2D eigenvalue weighted by molar-refractivity contribution is -0.116. The van der Waals surface area contributed by atoms with Crippen LogP contribution in [0.15, 0.2) is 48.2 Å². The Bertz CT molecular complexity index is 423. The second kappa shape index (κ2) is 5.16. The molecule has 5 heteroatoms. The molecular formula is C12H16BNO3. The number of nitrogens with one attached hydrogen (secondary N) is 1. The van der Waals surface area contributed by atoms with E-state index in [0.717, 1.165) is 0 Å². The third kappa shape index (κ3) is 3.44. The molecule has 1 atom stereocenters. The summed E-state index contributed by atoms with van der Waals surface area (Å²) in [4.78, 5) is 11.4. The van der Waals surface area contributed by atoms with Gasteiger partial charge in [-0.1, -0.05) is 31.7 Å². The Balaban J connectivity index is 2.82. The standard InChI is InChI=1S/C12H16BNO3/c1-9(2)11(15)14-10-5-4-7-12(3,8-6-10)13(16)17/h4-8,16-17H,1H2,2-3H3,(H,14,15). The van der Waals surface area contributed by atoms with Gasteiger partial charge in [0.15, 0.2) is 0 Å². The van der Waals surface area contributed by atoms with Gasteiger partial charge in [-0.15, -0.1) is 0 Å². The first kappa shape index (κ1) is 13.5. The molecular weight excluding hydrogens is 217 g/mol. The topological polar surface area (TPSA) is 69.6 Å². The lowest BCUT2D eigenvalue weighted by Gasteiger charge is -2.19. The normalized spacial score (nSPS) is 22.7. The SMILES string of the molecule is C=C(C)C(=O)NC1=CC=CC(C)(B(O)O)C=C1. The monoisotopic (exact) mass is 233 g/mol. The Labute approximate surface area is 101 Å². The maximum absolute atomic E-state index is 11.4. The van der Waals surface area contributed by atoms with Crippen molar-refractivity contribution < 1.29 is 14.8 Å². The molecule has 1 amide bonds. The molecule has 3 N–H and O–H groups in total. The summed E-state index contributed by atoms with van der Waals surface area (Å²) in [6, 6.07) is 0. The van der Waals surface area contributed by atoms with Crippen LogP contribution in [-0.4, -0.2) is 23.1 Å². The number of allylic oxidation sites excluding steroid dienone is 5. The van der Waals surface area contributed by atoms with Crippen LogP contribution in [0.3, 0.4) is 0 Å². The predicted octanol–water partition coefficient (Wildman–Crippen LogP) is 0.922. The lowest BCUT2D eigenvalue weighted by atomic mass is 9.59. The summed E-state index contributed by atoms with van der Waals surface area (Å²) in [6.07, 6.45) is 8.29. The largest absolute Gasteiger partial charge is 0.465 e. The first-order valence-corrected chi connectivity index (χ1v) is 5.27. The minimum atomic E-state index is -1.49. The minimum Gasteiger partial charge on any atom is -0.426 e. The maximum Gasteiger partial charge on any atom is 0.465 e. The molecule has 0 saturated carbocycles. The zero-order valence-corrected chi connectivity index (χ0v) is 9.97. The smallest absolute Gasteiger partial charge is 0.426 e. The van der Waals surface area contributed by atoms with Gasteiger partial charge in [0.05, 0.1) is 0 Å². The van der Waals surface area contributed by atoms with Gasteiger partial charge in [-0.05, 0) is 19.1 Å². The molecule has 90 valence electrons. The fourth-order valence-corrected chi connectivity index (χ4v) is 1.23. The number of hydrogen-bond acceptors (Lipinski definition) is 3. The van der Waals surface area contributed by atoms with E-state index in [1.54, 1.807) is 44.2 Å². The molecule has 0 bridgehead atoms. The van der Waals surface area contributed by atoms with Gasteiger partial charge in [-0.2, -0.15) is 0 Å². The van der Waals surface area contributed by atoms with Crippen LogP contribution in [0.5, 0.6) is 0 Å². The summed E-state index contributed by atoms with van der Waals surface area (Å²) in [5, 5.41) is 20.3. The molecule has 4 nitrogen and oxygen atoms in total. The van der Waals surface area contributed by atoms with Crippen LogP contribution in [0.25, 0.3) is 0 Å². The zero-order valence-electron chi connectivity index (χ0n) is 9.97. The average molecular weight is 233 g/mol. The van der Waals surface area contributed by atoms with Gasteiger partial charge in [0.2, 0.25) is 0 Å². The van der Waals surface area contributed by atoms with Gasteiger partial charge in [-0.25, -0.2) is 0 Å². The molecule has 0 spiro atoms. The van der Waals surface area contributed by atoms with Crippen LogP contribution in [-0.2, 0) is 4.79 Å². The van der Waals surface area contributed by atoms with Crippen molar-refractivity contribution in [1.82, 2.24) is 5.32 Å². The number of carbonyl (C=O) groups excluding carboxylic acids is 1. The van der Waals surface area contributed by atoms with Crippen molar-refractivity contribution in [3.05, 3.63) is 48.2 Å². The number of rotatable bonds is 3. The Morgan fingerprint density at radius 3 is 2.65 bits per heavy atom. The van der Waals surface area contributed by atoms with Gasteiger partial charge in [0.25, 0.3) is 5.91 Å². The fraction of sp³-hybridized carbons (Fsp3) is 0.250. The third-order valence-corrected chi connectivity index (χ3v) is 2.55. The Morgan fingerprint density at radius 1 is 1.47 bits per heavy atom. The van der Waals surface area contributed by atoms with Gasteiger partial charge in [-0.3, -0.25) is 4.79 Å². The highest BCUT2D eigenvalue weighted by Crippen LogP contribution is 2.32. The van der Waals surface area contributed by atoms with E-state index in [1.807, 2.05) is 0 Å². The van der Waals surface area contributed by atoms with E-state index in [2.05, 4.69) is 11.9 Å². The van der Waals surface area contributed by atoms with E-state index < -0.39 is 12.4 Å². The van der Waals surface area contributed by atoms with Gasteiger partial charge < -0.3 is 15.4 Å². The van der Waals surface area contributed by atoms with E-state index in [9.17, 15) is 14.8 Å². The van der Waals surface area contributed by atoms with E-state index in [4.69, 9.17) is 0 Å². The van der Waals surface area contributed by atoms with E-state index in [0.29, 0.717) is 11.3 Å². The van der Waals surface area contributed by atoms with Crippen molar-refractivity contribution in [3.63, 3.8) is 0 Å². The fourth-order valence-electron chi connectivity index (χ4n) is 1.23. The number of hydrogen-bond donors (Lipinski definition) is 3. The second-order valence-electron chi connectivity index (χ2n) is 4.29. The quantitative estimate of drug-likeness (QED) is 0.501. The highest BCUT2D eigenvalue weighted by molar-refractivity contribution is 6.47. The van der Waals surface area contributed by atoms with Gasteiger partial charge >= 0.3 is 7.12 Å². The lowest BCUT2D eigenvalue weighted by Crippen LogP contribution is -2.27. The van der Waals surface area contributed by atoms with Crippen LogP contribution in [0.4, 0.5) is 0 Å². The summed E-state index contributed by atoms with van der Waals surface area (Å²) in [5.74, 6) is -0.262. The molecule has 1 rings (SSSR count). The van der Waals surface area contributed by atoms with E-state index >= 15 is 0 Å². The van der Waals surface area contributed by atoms with Crippen molar-refractivity contribution in [1.29, 1.82) is 0 Å². The van der Waals surface area contributed by atoms with Crippen molar-refractivity contribution in [2.24, 2.45) is 0 Å². The van der Waals surface area contributed by atoms with Gasteiger partial charge in [0.1, 0.15) is 0 Å². The van der Waals surface area contributed by atoms with Gasteiger partial charge in [0, 0.05) is 16.6 Å². The molecule has 17 heavy (non-hydrogen) atoms. The van der Waals surface area contributed by atoms with Crippen molar-refractivity contribution in [2.45, 2.75) is 19.2 Å². The Kier molecular flexibility index (Phi) is 4.09. The number of carbonyl (C=O) groups is 1. The number of amides is 1. The van der Waals surface area contributed by atoms with E-state index in [-0.39, 0.29) is 5.91 Å². The summed E-state index contributed by atoms with van der Waals surface area (Å²) in [6.45, 7) is 6.84.